The molecule has 0 bridgehead atoms. The summed E-state index contributed by atoms with van der Waals surface area (Å²) in [5.74, 6) is -0.772. The second-order valence-electron chi connectivity index (χ2n) is 7.93. The molecule has 7 heteroatoms. The highest BCUT2D eigenvalue weighted by Crippen LogP contribution is 2.27. The Labute approximate surface area is 181 Å². The number of carbonyl (C=O) groups is 1. The molecule has 1 fully saturated rings. The number of nitrogens with one attached hydrogen (secondary N) is 1. The normalized spacial score (nSPS) is 16.8. The molecule has 3 aromatic carbocycles. The molecule has 1 aliphatic rings. The Morgan fingerprint density at radius 3 is 2.35 bits per heavy atom. The van der Waals surface area contributed by atoms with Gasteiger partial charge in [-0.05, 0) is 60.4 Å². The predicted molar refractivity (Wildman–Crippen MR) is 118 cm³/mol. The number of amides is 1. The topological polar surface area (TPSA) is 66.5 Å². The molecule has 31 heavy (non-hydrogen) atoms. The van der Waals surface area contributed by atoms with Gasteiger partial charge < -0.3 is 5.32 Å². The molecule has 1 unspecified atom stereocenters. The fourth-order valence-electron chi connectivity index (χ4n) is 4.15. The first-order valence-electron chi connectivity index (χ1n) is 10.4. The first-order valence-corrected chi connectivity index (χ1v) is 11.8. The van der Waals surface area contributed by atoms with Crippen molar-refractivity contribution in [3.63, 3.8) is 0 Å². The molecule has 0 aromatic heterocycles. The summed E-state index contributed by atoms with van der Waals surface area (Å²) in [6, 6.07) is 18.8. The van der Waals surface area contributed by atoms with Crippen LogP contribution in [0.2, 0.25) is 0 Å². The number of nitrogens with zero attached hydrogens (tertiary/aromatic N) is 1. The van der Waals surface area contributed by atoms with E-state index < -0.39 is 15.8 Å². The molecular weight excluding hydrogens is 415 g/mol. The molecule has 1 atom stereocenters. The van der Waals surface area contributed by atoms with E-state index in [0.29, 0.717) is 12.8 Å². The van der Waals surface area contributed by atoms with Crippen molar-refractivity contribution in [2.24, 2.45) is 5.92 Å². The number of carbonyl (C=O) groups excluding carboxylic acids is 1. The van der Waals surface area contributed by atoms with Gasteiger partial charge in [0, 0.05) is 19.0 Å². The van der Waals surface area contributed by atoms with Crippen LogP contribution in [-0.4, -0.2) is 31.7 Å². The maximum atomic E-state index is 13.1. The van der Waals surface area contributed by atoms with E-state index in [2.05, 4.69) is 5.32 Å². The smallest absolute Gasteiger partial charge is 0.243 e. The van der Waals surface area contributed by atoms with E-state index in [4.69, 9.17) is 0 Å². The van der Waals surface area contributed by atoms with Gasteiger partial charge in [0.15, 0.2) is 0 Å². The lowest BCUT2D eigenvalue weighted by Gasteiger charge is -2.31. The van der Waals surface area contributed by atoms with Crippen LogP contribution >= 0.6 is 0 Å². The van der Waals surface area contributed by atoms with Gasteiger partial charge in [-0.3, -0.25) is 4.79 Å². The summed E-state index contributed by atoms with van der Waals surface area (Å²) in [4.78, 5) is 12.9. The third-order valence-corrected chi connectivity index (χ3v) is 7.84. The Morgan fingerprint density at radius 1 is 1.00 bits per heavy atom. The zero-order valence-electron chi connectivity index (χ0n) is 17.3. The first-order chi connectivity index (χ1) is 14.9. The largest absolute Gasteiger partial charge is 0.349 e. The van der Waals surface area contributed by atoms with E-state index in [1.165, 1.54) is 16.4 Å². The third kappa shape index (κ3) is 4.48. The molecule has 0 saturated carbocycles. The SMILES string of the molecule is CC(NC(=O)C1CCN(S(=O)(=O)c2ccc(F)cc2)CC1)c1cccc2ccccc12. The highest BCUT2D eigenvalue weighted by Gasteiger charge is 2.32. The molecule has 1 N–H and O–H groups in total. The molecule has 3 aromatic rings. The van der Waals surface area contributed by atoms with Crippen molar-refractivity contribution in [3.05, 3.63) is 78.1 Å². The zero-order chi connectivity index (χ0) is 22.0. The van der Waals surface area contributed by atoms with Crippen LogP contribution in [0.1, 0.15) is 31.4 Å². The van der Waals surface area contributed by atoms with Crippen LogP contribution in [0, 0.1) is 11.7 Å². The van der Waals surface area contributed by atoms with E-state index in [-0.39, 0.29) is 35.9 Å². The summed E-state index contributed by atoms with van der Waals surface area (Å²) in [5.41, 5.74) is 1.06. The quantitative estimate of drug-likeness (QED) is 0.645. The van der Waals surface area contributed by atoms with Crippen molar-refractivity contribution >= 4 is 26.7 Å². The molecule has 1 amide bonds. The van der Waals surface area contributed by atoms with Gasteiger partial charge in [0.25, 0.3) is 0 Å². The molecule has 1 aliphatic heterocycles. The maximum absolute atomic E-state index is 13.1. The Hall–Kier alpha value is -2.77. The van der Waals surface area contributed by atoms with E-state index in [1.807, 2.05) is 49.4 Å². The Morgan fingerprint density at radius 2 is 1.65 bits per heavy atom. The van der Waals surface area contributed by atoms with Crippen LogP contribution in [0.5, 0.6) is 0 Å². The summed E-state index contributed by atoms with van der Waals surface area (Å²) < 4.78 is 40.0. The van der Waals surface area contributed by atoms with Crippen LogP contribution in [0.15, 0.2) is 71.6 Å². The molecule has 5 nitrogen and oxygen atoms in total. The zero-order valence-corrected chi connectivity index (χ0v) is 18.1. The third-order valence-electron chi connectivity index (χ3n) is 5.92. The number of halogens is 1. The Kier molecular flexibility index (Phi) is 6.07. The Bertz CT molecular complexity index is 1180. The second-order valence-corrected chi connectivity index (χ2v) is 9.87. The molecule has 0 spiro atoms. The maximum Gasteiger partial charge on any atom is 0.243 e. The number of hydrogen-bond donors (Lipinski definition) is 1. The van der Waals surface area contributed by atoms with Crippen LogP contribution in [-0.2, 0) is 14.8 Å². The van der Waals surface area contributed by atoms with E-state index in [1.54, 1.807) is 0 Å². The van der Waals surface area contributed by atoms with Gasteiger partial charge in [0.05, 0.1) is 10.9 Å². The van der Waals surface area contributed by atoms with Gasteiger partial charge in [-0.25, -0.2) is 12.8 Å². The Balaban J connectivity index is 1.39. The van der Waals surface area contributed by atoms with Crippen molar-refractivity contribution in [1.82, 2.24) is 9.62 Å². The average Bonchev–Trinajstić information content (AvgIpc) is 2.79. The van der Waals surface area contributed by atoms with Crippen molar-refractivity contribution in [1.29, 1.82) is 0 Å². The van der Waals surface area contributed by atoms with E-state index >= 15 is 0 Å². The summed E-state index contributed by atoms with van der Waals surface area (Å²) in [5, 5.41) is 5.34. The van der Waals surface area contributed by atoms with Crippen LogP contribution in [0.3, 0.4) is 0 Å². The van der Waals surface area contributed by atoms with Gasteiger partial charge in [-0.1, -0.05) is 42.5 Å². The molecule has 4 rings (SSSR count). The van der Waals surface area contributed by atoms with Gasteiger partial charge in [0.1, 0.15) is 5.82 Å². The summed E-state index contributed by atoms with van der Waals surface area (Å²) in [6.45, 7) is 2.49. The van der Waals surface area contributed by atoms with Crippen molar-refractivity contribution in [3.8, 4) is 0 Å². The fourth-order valence-corrected chi connectivity index (χ4v) is 5.62. The van der Waals surface area contributed by atoms with Crippen molar-refractivity contribution < 1.29 is 17.6 Å². The molecule has 1 saturated heterocycles. The lowest BCUT2D eigenvalue weighted by atomic mass is 9.95. The van der Waals surface area contributed by atoms with Crippen molar-refractivity contribution in [2.75, 3.05) is 13.1 Å². The standard InChI is InChI=1S/C24H25FN2O3S/c1-17(22-8-4-6-18-5-2-3-7-23(18)22)26-24(28)19-13-15-27(16-14-19)31(29,30)21-11-9-20(25)10-12-21/h2-12,17,19H,13-16H2,1H3,(H,26,28). The number of sulfonamides is 1. The first kappa shape index (κ1) is 21.5. The monoisotopic (exact) mass is 440 g/mol. The number of fused-ring (bicyclic) bond motifs is 1. The minimum Gasteiger partial charge on any atom is -0.349 e. The number of benzene rings is 3. The summed E-state index contributed by atoms with van der Waals surface area (Å²) in [6.07, 6.45) is 0.906. The molecular formula is C24H25FN2O3S. The van der Waals surface area contributed by atoms with Crippen molar-refractivity contribution in [2.45, 2.75) is 30.7 Å². The van der Waals surface area contributed by atoms with E-state index in [0.717, 1.165) is 28.5 Å². The highest BCUT2D eigenvalue weighted by atomic mass is 32.2. The lowest BCUT2D eigenvalue weighted by molar-refractivity contribution is -0.126. The number of hydrogen-bond acceptors (Lipinski definition) is 3. The fraction of sp³-hybridized carbons (Fsp3) is 0.292. The van der Waals surface area contributed by atoms with Gasteiger partial charge in [-0.2, -0.15) is 4.31 Å². The van der Waals surface area contributed by atoms with Crippen LogP contribution in [0.25, 0.3) is 10.8 Å². The average molecular weight is 441 g/mol. The summed E-state index contributed by atoms with van der Waals surface area (Å²) in [7, 11) is -3.68. The van der Waals surface area contributed by atoms with Crippen LogP contribution < -0.4 is 5.32 Å². The summed E-state index contributed by atoms with van der Waals surface area (Å²) >= 11 is 0. The minimum absolute atomic E-state index is 0.0562. The van der Waals surface area contributed by atoms with Gasteiger partial charge >= 0.3 is 0 Å². The number of rotatable bonds is 5. The van der Waals surface area contributed by atoms with Gasteiger partial charge in [0.2, 0.25) is 15.9 Å². The predicted octanol–water partition coefficient (Wildman–Crippen LogP) is 4.26. The minimum atomic E-state index is -3.68. The second kappa shape index (κ2) is 8.77. The molecule has 1 heterocycles. The highest BCUT2D eigenvalue weighted by molar-refractivity contribution is 7.89. The molecule has 0 aliphatic carbocycles. The molecule has 162 valence electrons. The lowest BCUT2D eigenvalue weighted by Crippen LogP contribution is -2.43. The molecule has 0 radical (unpaired) electrons. The van der Waals surface area contributed by atoms with Crippen LogP contribution in [0.4, 0.5) is 4.39 Å². The van der Waals surface area contributed by atoms with E-state index in [9.17, 15) is 17.6 Å². The number of piperidine rings is 1. The van der Waals surface area contributed by atoms with Gasteiger partial charge in [-0.15, -0.1) is 0 Å².